The number of hydrogen-bond donors (Lipinski definition) is 0. The first-order valence-corrected chi connectivity index (χ1v) is 6.59. The van der Waals surface area contributed by atoms with Crippen LogP contribution in [0.15, 0.2) is 30.6 Å². The molecular formula is C16H20N2O. The topological polar surface area (TPSA) is 34.9 Å². The molecule has 0 radical (unpaired) electrons. The fraction of sp³-hybridized carbons (Fsp3) is 0.375. The molecule has 0 aliphatic carbocycles. The van der Waals surface area contributed by atoms with E-state index in [9.17, 15) is 4.79 Å². The van der Waals surface area contributed by atoms with Gasteiger partial charge in [-0.15, -0.1) is 0 Å². The average molecular weight is 256 g/mol. The Morgan fingerprint density at radius 2 is 1.84 bits per heavy atom. The Balaban J connectivity index is 1.90. The van der Waals surface area contributed by atoms with Crippen molar-refractivity contribution >= 4 is 5.78 Å². The molecule has 1 aromatic carbocycles. The smallest absolute Gasteiger partial charge is 0.137 e. The number of aromatic nitrogens is 2. The van der Waals surface area contributed by atoms with Gasteiger partial charge in [0.1, 0.15) is 5.78 Å². The number of Topliss-reactive ketones (excluding diaryl/α,β-unsaturated/α-hetero) is 1. The summed E-state index contributed by atoms with van der Waals surface area (Å²) in [5, 5.41) is 4.11. The van der Waals surface area contributed by atoms with Crippen LogP contribution < -0.4 is 0 Å². The summed E-state index contributed by atoms with van der Waals surface area (Å²) in [5.74, 6) is 0.286. The predicted molar refractivity (Wildman–Crippen MR) is 76.2 cm³/mol. The predicted octanol–water partition coefficient (Wildman–Crippen LogP) is 2.78. The van der Waals surface area contributed by atoms with E-state index in [-0.39, 0.29) is 5.78 Å². The highest BCUT2D eigenvalue weighted by atomic mass is 16.1. The van der Waals surface area contributed by atoms with Crippen molar-refractivity contribution in [2.75, 3.05) is 0 Å². The molecule has 100 valence electrons. The minimum absolute atomic E-state index is 0.286. The minimum Gasteiger partial charge on any atom is -0.299 e. The van der Waals surface area contributed by atoms with Gasteiger partial charge < -0.3 is 0 Å². The molecule has 0 amide bonds. The number of rotatable bonds is 5. The van der Waals surface area contributed by atoms with Crippen LogP contribution in [0.4, 0.5) is 0 Å². The molecule has 3 heteroatoms. The normalized spacial score (nSPS) is 10.7. The van der Waals surface area contributed by atoms with Crippen molar-refractivity contribution in [3.05, 3.63) is 52.8 Å². The van der Waals surface area contributed by atoms with Gasteiger partial charge in [0.15, 0.2) is 0 Å². The highest BCUT2D eigenvalue weighted by Gasteiger charge is 2.06. The van der Waals surface area contributed by atoms with Crippen LogP contribution in [0.3, 0.4) is 0 Å². The second kappa shape index (κ2) is 5.83. The Hall–Kier alpha value is -1.90. The summed E-state index contributed by atoms with van der Waals surface area (Å²) in [4.78, 5) is 12.0. The Kier molecular flexibility index (Phi) is 4.15. The summed E-state index contributed by atoms with van der Waals surface area (Å²) < 4.78 is 1.77. The van der Waals surface area contributed by atoms with Crippen molar-refractivity contribution in [2.24, 2.45) is 7.05 Å². The number of hydrogen-bond acceptors (Lipinski definition) is 2. The molecule has 0 spiro atoms. The van der Waals surface area contributed by atoms with Crippen molar-refractivity contribution in [1.29, 1.82) is 0 Å². The van der Waals surface area contributed by atoms with E-state index in [1.165, 1.54) is 11.1 Å². The van der Waals surface area contributed by atoms with Crippen molar-refractivity contribution in [2.45, 2.75) is 33.1 Å². The SMILES string of the molecule is Cc1cc(C)cc(CC(=O)CCc2cnn(C)c2)c1. The summed E-state index contributed by atoms with van der Waals surface area (Å²) in [5.41, 5.74) is 4.68. The number of ketones is 1. The fourth-order valence-corrected chi connectivity index (χ4v) is 2.37. The van der Waals surface area contributed by atoms with Crippen LogP contribution in [-0.4, -0.2) is 15.6 Å². The third-order valence-corrected chi connectivity index (χ3v) is 3.13. The van der Waals surface area contributed by atoms with Crippen LogP contribution in [-0.2, 0) is 24.7 Å². The molecular weight excluding hydrogens is 236 g/mol. The third kappa shape index (κ3) is 4.05. The largest absolute Gasteiger partial charge is 0.299 e. The summed E-state index contributed by atoms with van der Waals surface area (Å²) >= 11 is 0. The highest BCUT2D eigenvalue weighted by Crippen LogP contribution is 2.11. The number of nitrogens with zero attached hydrogens (tertiary/aromatic N) is 2. The molecule has 0 fully saturated rings. The molecule has 0 saturated carbocycles. The van der Waals surface area contributed by atoms with Gasteiger partial charge in [-0.3, -0.25) is 9.48 Å². The molecule has 0 saturated heterocycles. The van der Waals surface area contributed by atoms with E-state index in [1.807, 2.05) is 19.4 Å². The first kappa shape index (κ1) is 13.5. The number of carbonyl (C=O) groups excluding carboxylic acids is 1. The van der Waals surface area contributed by atoms with E-state index in [2.05, 4.69) is 37.1 Å². The zero-order valence-corrected chi connectivity index (χ0v) is 11.8. The summed E-state index contributed by atoms with van der Waals surface area (Å²) in [6, 6.07) is 6.31. The van der Waals surface area contributed by atoms with Gasteiger partial charge in [-0.2, -0.15) is 5.10 Å². The molecule has 3 nitrogen and oxygen atoms in total. The van der Waals surface area contributed by atoms with Gasteiger partial charge in [0.05, 0.1) is 6.20 Å². The zero-order valence-electron chi connectivity index (χ0n) is 11.8. The summed E-state index contributed by atoms with van der Waals surface area (Å²) in [7, 11) is 1.89. The number of benzene rings is 1. The molecule has 0 N–H and O–H groups in total. The quantitative estimate of drug-likeness (QED) is 0.824. The monoisotopic (exact) mass is 256 g/mol. The maximum atomic E-state index is 12.0. The lowest BCUT2D eigenvalue weighted by molar-refractivity contribution is -0.118. The van der Waals surface area contributed by atoms with E-state index < -0.39 is 0 Å². The Labute approximate surface area is 114 Å². The maximum Gasteiger partial charge on any atom is 0.137 e. The number of aryl methyl sites for hydroxylation is 4. The molecule has 2 rings (SSSR count). The van der Waals surface area contributed by atoms with Crippen LogP contribution in [0.5, 0.6) is 0 Å². The summed E-state index contributed by atoms with van der Waals surface area (Å²) in [6.07, 6.45) is 5.67. The summed E-state index contributed by atoms with van der Waals surface area (Å²) in [6.45, 7) is 4.13. The van der Waals surface area contributed by atoms with Crippen LogP contribution in [0.25, 0.3) is 0 Å². The van der Waals surface area contributed by atoms with Crippen LogP contribution >= 0.6 is 0 Å². The molecule has 2 aromatic rings. The van der Waals surface area contributed by atoms with E-state index in [0.29, 0.717) is 12.8 Å². The van der Waals surface area contributed by atoms with Gasteiger partial charge in [0.25, 0.3) is 0 Å². The van der Waals surface area contributed by atoms with Crippen molar-refractivity contribution in [1.82, 2.24) is 9.78 Å². The Morgan fingerprint density at radius 1 is 1.16 bits per heavy atom. The molecule has 1 heterocycles. The standard InChI is InChI=1S/C16H20N2O/c1-12-6-13(2)8-15(7-12)9-16(19)5-4-14-10-17-18(3)11-14/h6-8,10-11H,4-5,9H2,1-3H3. The van der Waals surface area contributed by atoms with Gasteiger partial charge >= 0.3 is 0 Å². The molecule has 0 aliphatic rings. The fourth-order valence-electron chi connectivity index (χ4n) is 2.37. The lowest BCUT2D eigenvalue weighted by Gasteiger charge is -2.04. The molecule has 0 aliphatic heterocycles. The number of carbonyl (C=O) groups is 1. The Bertz CT molecular complexity index is 564. The van der Waals surface area contributed by atoms with E-state index >= 15 is 0 Å². The first-order chi connectivity index (χ1) is 9.02. The molecule has 0 bridgehead atoms. The maximum absolute atomic E-state index is 12.0. The van der Waals surface area contributed by atoms with Gasteiger partial charge in [-0.25, -0.2) is 0 Å². The third-order valence-electron chi connectivity index (χ3n) is 3.13. The van der Waals surface area contributed by atoms with E-state index in [0.717, 1.165) is 17.5 Å². The molecule has 0 atom stereocenters. The van der Waals surface area contributed by atoms with Crippen LogP contribution in [0.1, 0.15) is 28.7 Å². The Morgan fingerprint density at radius 3 is 2.42 bits per heavy atom. The minimum atomic E-state index is 0.286. The van der Waals surface area contributed by atoms with Crippen molar-refractivity contribution in [3.63, 3.8) is 0 Å². The van der Waals surface area contributed by atoms with Gasteiger partial charge in [0, 0.05) is 26.1 Å². The first-order valence-electron chi connectivity index (χ1n) is 6.59. The molecule has 0 unspecified atom stereocenters. The van der Waals surface area contributed by atoms with Gasteiger partial charge in [-0.1, -0.05) is 29.3 Å². The second-order valence-electron chi connectivity index (χ2n) is 5.23. The molecule has 19 heavy (non-hydrogen) atoms. The van der Waals surface area contributed by atoms with Gasteiger partial charge in [-0.05, 0) is 31.4 Å². The van der Waals surface area contributed by atoms with E-state index in [4.69, 9.17) is 0 Å². The lowest BCUT2D eigenvalue weighted by Crippen LogP contribution is -2.04. The zero-order chi connectivity index (χ0) is 13.8. The van der Waals surface area contributed by atoms with Crippen LogP contribution in [0.2, 0.25) is 0 Å². The molecule has 1 aromatic heterocycles. The van der Waals surface area contributed by atoms with Crippen LogP contribution in [0, 0.1) is 13.8 Å². The van der Waals surface area contributed by atoms with Crippen molar-refractivity contribution in [3.8, 4) is 0 Å². The lowest BCUT2D eigenvalue weighted by atomic mass is 10.0. The van der Waals surface area contributed by atoms with Crippen molar-refractivity contribution < 1.29 is 4.79 Å². The van der Waals surface area contributed by atoms with E-state index in [1.54, 1.807) is 4.68 Å². The highest BCUT2D eigenvalue weighted by molar-refractivity contribution is 5.81. The van der Waals surface area contributed by atoms with Gasteiger partial charge in [0.2, 0.25) is 0 Å². The average Bonchev–Trinajstić information content (AvgIpc) is 2.71. The second-order valence-corrected chi connectivity index (χ2v) is 5.23.